The second-order valence-corrected chi connectivity index (χ2v) is 11.5. The van der Waals surface area contributed by atoms with Crippen LogP contribution in [0.15, 0.2) is 42.8 Å². The number of methoxy groups -OCH3 is 1. The van der Waals surface area contributed by atoms with E-state index in [9.17, 15) is 9.90 Å². The average molecular weight is 505 g/mol. The number of aliphatic imine (C=N–C) groups is 1. The molecule has 1 saturated carbocycles. The van der Waals surface area contributed by atoms with Gasteiger partial charge in [0.15, 0.2) is 11.0 Å². The molecule has 3 aliphatic rings. The summed E-state index contributed by atoms with van der Waals surface area (Å²) in [6.07, 6.45) is 11.5. The van der Waals surface area contributed by atoms with Gasteiger partial charge in [0.25, 0.3) is 0 Å². The first-order valence-electron chi connectivity index (χ1n) is 12.0. The van der Waals surface area contributed by atoms with Crippen molar-refractivity contribution in [3.05, 3.63) is 39.9 Å². The largest absolute Gasteiger partial charge is 0.469 e. The molecule has 1 aromatic rings. The SMILES string of the molecule is COC(=O)C1CCC(c2nc(C3=CN=C(C(C)(C)O)CC3C)c(SC3=CC=C(Cl)CC3)o2)CC1. The van der Waals surface area contributed by atoms with Gasteiger partial charge in [0, 0.05) is 28.4 Å². The van der Waals surface area contributed by atoms with E-state index in [4.69, 9.17) is 25.7 Å². The van der Waals surface area contributed by atoms with Crippen molar-refractivity contribution in [3.8, 4) is 0 Å². The van der Waals surface area contributed by atoms with Crippen molar-refractivity contribution in [1.29, 1.82) is 0 Å². The first kappa shape index (κ1) is 25.3. The van der Waals surface area contributed by atoms with Gasteiger partial charge in [-0.3, -0.25) is 9.79 Å². The number of aliphatic hydroxyl groups is 1. The lowest BCUT2D eigenvalue weighted by Gasteiger charge is -2.27. The molecule has 0 bridgehead atoms. The van der Waals surface area contributed by atoms with E-state index in [1.54, 1.807) is 25.6 Å². The van der Waals surface area contributed by atoms with Crippen molar-refractivity contribution in [2.45, 2.75) is 82.3 Å². The molecule has 1 fully saturated rings. The molecule has 2 heterocycles. The number of aromatic nitrogens is 1. The number of carbonyl (C=O) groups is 1. The summed E-state index contributed by atoms with van der Waals surface area (Å²) in [4.78, 5) is 22.7. The van der Waals surface area contributed by atoms with Gasteiger partial charge in [-0.05, 0) is 75.7 Å². The first-order chi connectivity index (χ1) is 16.2. The summed E-state index contributed by atoms with van der Waals surface area (Å²) in [5.74, 6) is 0.903. The molecular weight excluding hydrogens is 472 g/mol. The van der Waals surface area contributed by atoms with Crippen LogP contribution in [0, 0.1) is 11.8 Å². The second-order valence-electron chi connectivity index (χ2n) is 9.93. The summed E-state index contributed by atoms with van der Waals surface area (Å²) in [6.45, 7) is 5.68. The summed E-state index contributed by atoms with van der Waals surface area (Å²) in [6, 6.07) is 0. The predicted molar refractivity (Wildman–Crippen MR) is 136 cm³/mol. The lowest BCUT2D eigenvalue weighted by Crippen LogP contribution is -2.33. The van der Waals surface area contributed by atoms with E-state index in [0.717, 1.165) is 71.5 Å². The highest BCUT2D eigenvalue weighted by molar-refractivity contribution is 8.03. The highest BCUT2D eigenvalue weighted by Crippen LogP contribution is 2.44. The average Bonchev–Trinajstić information content (AvgIpc) is 3.23. The molecule has 1 unspecified atom stereocenters. The zero-order chi connectivity index (χ0) is 24.5. The van der Waals surface area contributed by atoms with Gasteiger partial charge in [-0.2, -0.15) is 0 Å². The number of hydrogen-bond donors (Lipinski definition) is 1. The Kier molecular flexibility index (Phi) is 7.75. The van der Waals surface area contributed by atoms with Gasteiger partial charge < -0.3 is 14.3 Å². The third-order valence-corrected chi connectivity index (χ3v) is 8.26. The maximum Gasteiger partial charge on any atom is 0.308 e. The molecule has 0 aromatic carbocycles. The molecule has 1 atom stereocenters. The normalized spacial score (nSPS) is 25.8. The zero-order valence-corrected chi connectivity index (χ0v) is 21.8. The van der Waals surface area contributed by atoms with E-state index in [1.807, 2.05) is 18.4 Å². The van der Waals surface area contributed by atoms with E-state index in [2.05, 4.69) is 11.9 Å². The fraction of sp³-hybridized carbons (Fsp3) is 0.577. The van der Waals surface area contributed by atoms with E-state index >= 15 is 0 Å². The summed E-state index contributed by atoms with van der Waals surface area (Å²) >= 11 is 7.76. The van der Waals surface area contributed by atoms with Crippen LogP contribution >= 0.6 is 23.4 Å². The van der Waals surface area contributed by atoms with Crippen LogP contribution in [0.2, 0.25) is 0 Å². The molecule has 4 rings (SSSR count). The van der Waals surface area contributed by atoms with Crippen molar-refractivity contribution < 1.29 is 19.1 Å². The lowest BCUT2D eigenvalue weighted by molar-refractivity contribution is -0.146. The summed E-state index contributed by atoms with van der Waals surface area (Å²) in [5.41, 5.74) is 1.69. The molecule has 6 nitrogen and oxygen atoms in total. The first-order valence-corrected chi connectivity index (χ1v) is 13.2. The maximum atomic E-state index is 11.9. The Hall–Kier alpha value is -1.83. The summed E-state index contributed by atoms with van der Waals surface area (Å²) < 4.78 is 11.3. The number of carbonyl (C=O) groups excluding carboxylic acids is 1. The fourth-order valence-corrected chi connectivity index (χ4v) is 5.84. The Morgan fingerprint density at radius 3 is 2.56 bits per heavy atom. The number of thioether (sulfide) groups is 1. The number of oxazole rings is 1. The molecule has 2 aliphatic carbocycles. The van der Waals surface area contributed by atoms with Gasteiger partial charge in [0.1, 0.15) is 5.69 Å². The Labute approximate surface area is 210 Å². The minimum Gasteiger partial charge on any atom is -0.469 e. The van der Waals surface area contributed by atoms with Crippen molar-refractivity contribution in [1.82, 2.24) is 4.98 Å². The fourth-order valence-electron chi connectivity index (χ4n) is 4.72. The smallest absolute Gasteiger partial charge is 0.308 e. The molecule has 0 saturated heterocycles. The molecule has 0 amide bonds. The molecule has 1 aromatic heterocycles. The second kappa shape index (κ2) is 10.4. The predicted octanol–water partition coefficient (Wildman–Crippen LogP) is 6.61. The zero-order valence-electron chi connectivity index (χ0n) is 20.3. The van der Waals surface area contributed by atoms with Crippen LogP contribution in [0.5, 0.6) is 0 Å². The molecule has 1 aliphatic heterocycles. The maximum absolute atomic E-state index is 11.9. The third-order valence-electron chi connectivity index (χ3n) is 6.88. The molecule has 184 valence electrons. The number of rotatable bonds is 6. The van der Waals surface area contributed by atoms with Gasteiger partial charge in [0.2, 0.25) is 0 Å². The molecule has 0 radical (unpaired) electrons. The van der Waals surface area contributed by atoms with Crippen LogP contribution in [0.25, 0.3) is 5.57 Å². The Bertz CT molecular complexity index is 1060. The molecule has 34 heavy (non-hydrogen) atoms. The van der Waals surface area contributed by atoms with Crippen molar-refractivity contribution in [2.24, 2.45) is 16.8 Å². The monoisotopic (exact) mass is 504 g/mol. The van der Waals surface area contributed by atoms with Crippen molar-refractivity contribution in [2.75, 3.05) is 7.11 Å². The molecular formula is C26H33ClN2O4S. The van der Waals surface area contributed by atoms with Gasteiger partial charge in [-0.25, -0.2) is 4.98 Å². The van der Waals surface area contributed by atoms with Gasteiger partial charge >= 0.3 is 5.97 Å². The highest BCUT2D eigenvalue weighted by atomic mass is 35.5. The van der Waals surface area contributed by atoms with Crippen LogP contribution in [-0.4, -0.2) is 34.5 Å². The lowest BCUT2D eigenvalue weighted by atomic mass is 9.82. The van der Waals surface area contributed by atoms with E-state index in [1.165, 1.54) is 12.0 Å². The Balaban J connectivity index is 1.63. The number of nitrogens with zero attached hydrogens (tertiary/aromatic N) is 2. The van der Waals surface area contributed by atoms with Crippen LogP contribution in [0.1, 0.15) is 83.2 Å². The number of hydrogen-bond acceptors (Lipinski definition) is 7. The minimum absolute atomic E-state index is 0.0378. The van der Waals surface area contributed by atoms with Crippen molar-refractivity contribution in [3.63, 3.8) is 0 Å². The van der Waals surface area contributed by atoms with Gasteiger partial charge in [-0.1, -0.05) is 36.4 Å². The molecule has 8 heteroatoms. The van der Waals surface area contributed by atoms with E-state index in [0.29, 0.717) is 6.42 Å². The molecule has 0 spiro atoms. The van der Waals surface area contributed by atoms with Crippen LogP contribution < -0.4 is 0 Å². The Morgan fingerprint density at radius 2 is 1.97 bits per heavy atom. The molecule has 1 N–H and O–H groups in total. The summed E-state index contributed by atoms with van der Waals surface area (Å²) in [5, 5.41) is 12.1. The number of allylic oxidation sites excluding steroid dienone is 5. The summed E-state index contributed by atoms with van der Waals surface area (Å²) in [7, 11) is 1.45. The minimum atomic E-state index is -0.945. The number of halogens is 1. The standard InChI is InChI=1S/C26H33ClN2O4S/c1-15-13-21(26(2,3)31)28-14-20(15)22-25(34-19-11-9-18(27)10-12-19)33-23(29-22)16-5-7-17(8-6-16)24(30)32-4/h9,11,14-17,31H,5-8,10,12-13H2,1-4H3. The topological polar surface area (TPSA) is 84.9 Å². The van der Waals surface area contributed by atoms with E-state index in [-0.39, 0.29) is 23.7 Å². The number of esters is 1. The highest BCUT2D eigenvalue weighted by Gasteiger charge is 2.34. The quantitative estimate of drug-likeness (QED) is 0.439. The van der Waals surface area contributed by atoms with Crippen LogP contribution in [-0.2, 0) is 9.53 Å². The van der Waals surface area contributed by atoms with Crippen molar-refractivity contribution >= 4 is 40.6 Å². The van der Waals surface area contributed by atoms with Gasteiger partial charge in [-0.15, -0.1) is 0 Å². The van der Waals surface area contributed by atoms with Gasteiger partial charge in [0.05, 0.1) is 18.6 Å². The third kappa shape index (κ3) is 5.69. The Morgan fingerprint density at radius 1 is 1.24 bits per heavy atom. The van der Waals surface area contributed by atoms with E-state index < -0.39 is 5.60 Å². The number of ether oxygens (including phenoxy) is 1. The van der Waals surface area contributed by atoms with Crippen LogP contribution in [0.3, 0.4) is 0 Å². The van der Waals surface area contributed by atoms with Crippen LogP contribution in [0.4, 0.5) is 0 Å².